The number of hydrogen-bond donors (Lipinski definition) is 1. The van der Waals surface area contributed by atoms with Crippen LogP contribution in [0.2, 0.25) is 6.04 Å². The van der Waals surface area contributed by atoms with Crippen LogP contribution in [0.1, 0.15) is 31.7 Å². The number of benzene rings is 2. The first-order valence-corrected chi connectivity index (χ1v) is 11.7. The van der Waals surface area contributed by atoms with Gasteiger partial charge in [-0.15, -0.1) is 0 Å². The second-order valence-corrected chi connectivity index (χ2v) is 9.81. The van der Waals surface area contributed by atoms with Crippen LogP contribution in [0, 0.1) is 0 Å². The van der Waals surface area contributed by atoms with Crippen molar-refractivity contribution in [2.75, 3.05) is 27.9 Å². The molecule has 28 heavy (non-hydrogen) atoms. The lowest BCUT2D eigenvalue weighted by Gasteiger charge is -2.24. The molecule has 0 bridgehead atoms. The largest absolute Gasteiger partial charge is 0.508 e. The highest BCUT2D eigenvalue weighted by atomic mass is 28.4. The number of phenolic OH excluding ortho intramolecular Hbond substituents is 1. The zero-order valence-electron chi connectivity index (χ0n) is 17.4. The van der Waals surface area contributed by atoms with Crippen LogP contribution in [-0.4, -0.2) is 41.8 Å². The minimum Gasteiger partial charge on any atom is -0.508 e. The van der Waals surface area contributed by atoms with E-state index in [4.69, 9.17) is 18.0 Å². The summed E-state index contributed by atoms with van der Waals surface area (Å²) < 4.78 is 22.2. The third-order valence-corrected chi connectivity index (χ3v) is 7.71. The molecule has 0 unspecified atom stereocenters. The molecule has 5 nitrogen and oxygen atoms in total. The van der Waals surface area contributed by atoms with E-state index in [1.54, 1.807) is 27.4 Å². The molecule has 0 aliphatic rings. The molecule has 0 spiro atoms. The second-order valence-electron chi connectivity index (χ2n) is 6.72. The highest BCUT2D eigenvalue weighted by Crippen LogP contribution is 2.30. The molecule has 0 saturated heterocycles. The summed E-state index contributed by atoms with van der Waals surface area (Å²) in [4.78, 5) is 0. The van der Waals surface area contributed by atoms with Crippen molar-refractivity contribution in [3.05, 3.63) is 48.0 Å². The number of aryl methyl sites for hydroxylation is 1. The van der Waals surface area contributed by atoms with Crippen LogP contribution in [-0.2, 0) is 19.7 Å². The Morgan fingerprint density at radius 1 is 0.893 bits per heavy atom. The van der Waals surface area contributed by atoms with Crippen LogP contribution in [0.25, 0.3) is 11.1 Å². The van der Waals surface area contributed by atoms with E-state index in [1.807, 2.05) is 24.3 Å². The minimum atomic E-state index is -2.58. The van der Waals surface area contributed by atoms with E-state index in [9.17, 15) is 5.11 Å². The highest BCUT2D eigenvalue weighted by molar-refractivity contribution is 6.60. The van der Waals surface area contributed by atoms with E-state index in [0.29, 0.717) is 0 Å². The third-order valence-electron chi connectivity index (χ3n) is 4.88. The Kier molecular flexibility index (Phi) is 8.98. The van der Waals surface area contributed by atoms with Crippen LogP contribution < -0.4 is 4.74 Å². The van der Waals surface area contributed by atoms with Crippen molar-refractivity contribution in [3.8, 4) is 22.6 Å². The van der Waals surface area contributed by atoms with Crippen molar-refractivity contribution in [2.45, 2.75) is 38.7 Å². The molecule has 0 aromatic heterocycles. The van der Waals surface area contributed by atoms with Crippen LogP contribution in [0.15, 0.2) is 42.5 Å². The van der Waals surface area contributed by atoms with Gasteiger partial charge in [-0.1, -0.05) is 31.5 Å². The first kappa shape index (κ1) is 22.4. The van der Waals surface area contributed by atoms with Crippen LogP contribution in [0.4, 0.5) is 0 Å². The van der Waals surface area contributed by atoms with Gasteiger partial charge < -0.3 is 23.1 Å². The number of phenols is 1. The molecule has 0 aliphatic heterocycles. The molecule has 1 N–H and O–H groups in total. The quantitative estimate of drug-likeness (QED) is 0.396. The van der Waals surface area contributed by atoms with Crippen LogP contribution >= 0.6 is 0 Å². The van der Waals surface area contributed by atoms with Crippen molar-refractivity contribution in [1.82, 2.24) is 0 Å². The summed E-state index contributed by atoms with van der Waals surface area (Å²) >= 11 is 0. The van der Waals surface area contributed by atoms with Gasteiger partial charge in [-0.2, -0.15) is 0 Å². The van der Waals surface area contributed by atoms with E-state index in [0.717, 1.165) is 60.8 Å². The molecule has 2 aromatic carbocycles. The Bertz CT molecular complexity index is 705. The van der Waals surface area contributed by atoms with Crippen molar-refractivity contribution in [3.63, 3.8) is 0 Å². The van der Waals surface area contributed by atoms with E-state index in [-0.39, 0.29) is 5.75 Å². The number of ether oxygens (including phenoxy) is 1. The van der Waals surface area contributed by atoms with Gasteiger partial charge in [0.2, 0.25) is 0 Å². The summed E-state index contributed by atoms with van der Waals surface area (Å²) in [6, 6.07) is 14.4. The molecule has 0 amide bonds. The monoisotopic (exact) mass is 404 g/mol. The molecule has 154 valence electrons. The molecular formula is C22H32O5Si. The molecule has 0 heterocycles. The molecule has 2 rings (SSSR count). The Hall–Kier alpha value is -1.86. The fourth-order valence-corrected chi connectivity index (χ4v) is 4.91. The summed E-state index contributed by atoms with van der Waals surface area (Å²) in [5.41, 5.74) is 3.30. The van der Waals surface area contributed by atoms with Crippen LogP contribution in [0.5, 0.6) is 11.5 Å². The van der Waals surface area contributed by atoms with Gasteiger partial charge in [-0.3, -0.25) is 0 Å². The first-order chi connectivity index (χ1) is 13.6. The SMILES string of the molecule is CCCCOc1ccc(-c2ccc(O)cc2CCC[Si](OC)(OC)OC)cc1. The number of hydrogen-bond acceptors (Lipinski definition) is 5. The van der Waals surface area contributed by atoms with E-state index < -0.39 is 8.80 Å². The van der Waals surface area contributed by atoms with Gasteiger partial charge in [0.15, 0.2) is 0 Å². The second kappa shape index (κ2) is 11.2. The lowest BCUT2D eigenvalue weighted by Crippen LogP contribution is -2.42. The van der Waals surface area contributed by atoms with Crippen molar-refractivity contribution < 1.29 is 23.1 Å². The summed E-state index contributed by atoms with van der Waals surface area (Å²) in [7, 11) is 2.30. The summed E-state index contributed by atoms with van der Waals surface area (Å²) in [5, 5.41) is 9.96. The van der Waals surface area contributed by atoms with Gasteiger partial charge in [-0.25, -0.2) is 0 Å². The number of unbranched alkanes of at least 4 members (excludes halogenated alkanes) is 1. The van der Waals surface area contributed by atoms with E-state index >= 15 is 0 Å². The maximum Gasteiger partial charge on any atom is 0.500 e. The van der Waals surface area contributed by atoms with E-state index in [1.165, 1.54) is 0 Å². The molecule has 0 radical (unpaired) electrons. The molecule has 2 aromatic rings. The molecule has 0 saturated carbocycles. The Morgan fingerprint density at radius 3 is 2.18 bits per heavy atom. The van der Waals surface area contributed by atoms with Gasteiger partial charge in [0, 0.05) is 27.4 Å². The summed E-state index contributed by atoms with van der Waals surface area (Å²) in [6.07, 6.45) is 3.81. The zero-order chi connectivity index (χ0) is 20.4. The number of rotatable bonds is 12. The van der Waals surface area contributed by atoms with Gasteiger partial charge in [0.1, 0.15) is 11.5 Å². The maximum absolute atomic E-state index is 9.96. The van der Waals surface area contributed by atoms with Crippen molar-refractivity contribution >= 4 is 8.80 Å². The molecule has 0 fully saturated rings. The van der Waals surface area contributed by atoms with Crippen molar-refractivity contribution in [2.24, 2.45) is 0 Å². The van der Waals surface area contributed by atoms with E-state index in [2.05, 4.69) is 19.1 Å². The van der Waals surface area contributed by atoms with Crippen LogP contribution in [0.3, 0.4) is 0 Å². The minimum absolute atomic E-state index is 0.270. The fourth-order valence-electron chi connectivity index (χ4n) is 3.19. The summed E-state index contributed by atoms with van der Waals surface area (Å²) in [5.74, 6) is 1.15. The Labute approximate surface area is 169 Å². The first-order valence-electron chi connectivity index (χ1n) is 9.78. The lowest BCUT2D eigenvalue weighted by atomic mass is 9.96. The molecule has 0 atom stereocenters. The molecule has 0 aliphatic carbocycles. The third kappa shape index (κ3) is 6.07. The summed E-state index contributed by atoms with van der Waals surface area (Å²) in [6.45, 7) is 2.89. The normalized spacial score (nSPS) is 11.6. The fraction of sp³-hybridized carbons (Fsp3) is 0.455. The average Bonchev–Trinajstić information content (AvgIpc) is 2.73. The lowest BCUT2D eigenvalue weighted by molar-refractivity contribution is 0.123. The van der Waals surface area contributed by atoms with Gasteiger partial charge in [0.25, 0.3) is 0 Å². The van der Waals surface area contributed by atoms with Gasteiger partial charge in [0.05, 0.1) is 6.61 Å². The predicted octanol–water partition coefficient (Wildman–Crippen LogP) is 5.05. The molecule has 6 heteroatoms. The Morgan fingerprint density at radius 2 is 1.57 bits per heavy atom. The molecular weight excluding hydrogens is 372 g/mol. The Balaban J connectivity index is 2.11. The maximum atomic E-state index is 9.96. The topological polar surface area (TPSA) is 57.2 Å². The van der Waals surface area contributed by atoms with Crippen molar-refractivity contribution in [1.29, 1.82) is 0 Å². The van der Waals surface area contributed by atoms with Gasteiger partial charge in [-0.05, 0) is 60.2 Å². The van der Waals surface area contributed by atoms with Gasteiger partial charge >= 0.3 is 8.80 Å². The number of aromatic hydroxyl groups is 1. The average molecular weight is 405 g/mol. The smallest absolute Gasteiger partial charge is 0.500 e. The highest BCUT2D eigenvalue weighted by Gasteiger charge is 2.36. The predicted molar refractivity (Wildman–Crippen MR) is 114 cm³/mol. The zero-order valence-corrected chi connectivity index (χ0v) is 18.4. The standard InChI is InChI=1S/C22H32O5Si/c1-5-6-15-27-21-12-9-18(10-13-21)22-14-11-20(23)17-19(22)8-7-16-28(24-2,25-3)26-4/h9-14,17,23H,5-8,15-16H2,1-4H3.